The van der Waals surface area contributed by atoms with E-state index in [1.54, 1.807) is 20.3 Å². The highest BCUT2D eigenvalue weighted by Gasteiger charge is 2.16. The first-order valence-electron chi connectivity index (χ1n) is 8.77. The second kappa shape index (κ2) is 8.51. The summed E-state index contributed by atoms with van der Waals surface area (Å²) in [5.41, 5.74) is 1.26. The van der Waals surface area contributed by atoms with Crippen LogP contribution in [0.1, 0.15) is 41.7 Å². The van der Waals surface area contributed by atoms with Crippen LogP contribution in [0.4, 0.5) is 5.82 Å². The number of nitrogens with one attached hydrogen (secondary N) is 2. The summed E-state index contributed by atoms with van der Waals surface area (Å²) in [4.78, 5) is 20.7. The van der Waals surface area contributed by atoms with E-state index in [4.69, 9.17) is 9.47 Å². The Kier molecular flexibility index (Phi) is 5.88. The quantitative estimate of drug-likeness (QED) is 0.793. The number of methoxy groups -OCH3 is 2. The molecule has 1 amide bonds. The number of aromatic nitrogens is 2. The second-order valence-corrected chi connectivity index (χ2v) is 6.29. The first-order valence-corrected chi connectivity index (χ1v) is 8.77. The molecule has 26 heavy (non-hydrogen) atoms. The molecule has 1 aliphatic carbocycles. The van der Waals surface area contributed by atoms with Crippen molar-refractivity contribution in [2.45, 2.75) is 38.3 Å². The maximum absolute atomic E-state index is 12.4. The van der Waals surface area contributed by atoms with Crippen LogP contribution in [-0.2, 0) is 6.54 Å². The SMILES string of the molecule is COc1ccc(CNC(=O)c2cc(NC3CCCC3)ncn2)cc1OC. The number of ether oxygens (including phenoxy) is 2. The van der Waals surface area contributed by atoms with Gasteiger partial charge < -0.3 is 20.1 Å². The topological polar surface area (TPSA) is 85.4 Å². The molecule has 1 saturated carbocycles. The lowest BCUT2D eigenvalue weighted by atomic mass is 10.2. The van der Waals surface area contributed by atoms with Crippen LogP contribution in [0.2, 0.25) is 0 Å². The molecule has 1 aliphatic rings. The summed E-state index contributed by atoms with van der Waals surface area (Å²) in [6, 6.07) is 7.67. The van der Waals surface area contributed by atoms with Crippen molar-refractivity contribution in [2.75, 3.05) is 19.5 Å². The van der Waals surface area contributed by atoms with Crippen molar-refractivity contribution in [1.29, 1.82) is 0 Å². The van der Waals surface area contributed by atoms with Crippen molar-refractivity contribution in [3.05, 3.63) is 41.9 Å². The van der Waals surface area contributed by atoms with Crippen LogP contribution < -0.4 is 20.1 Å². The number of rotatable bonds is 7. The molecule has 0 aliphatic heterocycles. The van der Waals surface area contributed by atoms with Gasteiger partial charge in [0.15, 0.2) is 11.5 Å². The van der Waals surface area contributed by atoms with E-state index in [0.29, 0.717) is 35.6 Å². The molecule has 3 rings (SSSR count). The number of amides is 1. The molecule has 1 aromatic carbocycles. The summed E-state index contributed by atoms with van der Waals surface area (Å²) in [6.45, 7) is 0.370. The Morgan fingerprint density at radius 2 is 1.88 bits per heavy atom. The minimum Gasteiger partial charge on any atom is -0.493 e. The molecule has 2 N–H and O–H groups in total. The number of nitrogens with zero attached hydrogens (tertiary/aromatic N) is 2. The molecule has 2 aromatic rings. The van der Waals surface area contributed by atoms with E-state index in [2.05, 4.69) is 20.6 Å². The van der Waals surface area contributed by atoms with Gasteiger partial charge in [0.25, 0.3) is 5.91 Å². The third-order valence-corrected chi connectivity index (χ3v) is 4.51. The van der Waals surface area contributed by atoms with Gasteiger partial charge in [-0.2, -0.15) is 0 Å². The Bertz CT molecular complexity index is 760. The largest absolute Gasteiger partial charge is 0.493 e. The van der Waals surface area contributed by atoms with E-state index < -0.39 is 0 Å². The third kappa shape index (κ3) is 4.41. The molecule has 0 atom stereocenters. The molecule has 0 radical (unpaired) electrons. The van der Waals surface area contributed by atoms with E-state index in [9.17, 15) is 4.79 Å². The zero-order valence-electron chi connectivity index (χ0n) is 15.1. The Hall–Kier alpha value is -2.83. The van der Waals surface area contributed by atoms with Gasteiger partial charge in [0.1, 0.15) is 17.8 Å². The van der Waals surface area contributed by atoms with Crippen molar-refractivity contribution in [2.24, 2.45) is 0 Å². The molecule has 138 valence electrons. The summed E-state index contributed by atoms with van der Waals surface area (Å²) in [5.74, 6) is 1.74. The van der Waals surface area contributed by atoms with Crippen molar-refractivity contribution in [3.63, 3.8) is 0 Å². The monoisotopic (exact) mass is 356 g/mol. The van der Waals surface area contributed by atoms with Crippen LogP contribution in [0.25, 0.3) is 0 Å². The Balaban J connectivity index is 1.61. The number of benzene rings is 1. The normalized spacial score (nSPS) is 14.1. The smallest absolute Gasteiger partial charge is 0.270 e. The van der Waals surface area contributed by atoms with E-state index >= 15 is 0 Å². The van der Waals surface area contributed by atoms with Crippen molar-refractivity contribution in [3.8, 4) is 11.5 Å². The average Bonchev–Trinajstić information content (AvgIpc) is 3.19. The Morgan fingerprint density at radius 3 is 2.62 bits per heavy atom. The van der Waals surface area contributed by atoms with Crippen molar-refractivity contribution in [1.82, 2.24) is 15.3 Å². The number of anilines is 1. The fourth-order valence-corrected chi connectivity index (χ4v) is 3.10. The predicted octanol–water partition coefficient (Wildman–Crippen LogP) is 2.78. The predicted molar refractivity (Wildman–Crippen MR) is 98.6 cm³/mol. The van der Waals surface area contributed by atoms with Crippen LogP contribution in [0.3, 0.4) is 0 Å². The zero-order valence-corrected chi connectivity index (χ0v) is 15.1. The van der Waals surface area contributed by atoms with E-state index in [0.717, 1.165) is 18.4 Å². The molecular weight excluding hydrogens is 332 g/mol. The maximum Gasteiger partial charge on any atom is 0.270 e. The number of carbonyl (C=O) groups excluding carboxylic acids is 1. The third-order valence-electron chi connectivity index (χ3n) is 4.51. The standard InChI is InChI=1S/C19H24N4O3/c1-25-16-8-7-13(9-17(16)26-2)11-20-19(24)15-10-18(22-12-21-15)23-14-5-3-4-6-14/h7-10,12,14H,3-6,11H2,1-2H3,(H,20,24)(H,21,22,23). The van der Waals surface area contributed by atoms with Crippen LogP contribution in [-0.4, -0.2) is 36.1 Å². The Morgan fingerprint density at radius 1 is 1.12 bits per heavy atom. The molecule has 1 heterocycles. The summed E-state index contributed by atoms with van der Waals surface area (Å²) in [6.07, 6.45) is 6.18. The van der Waals surface area contributed by atoms with Crippen molar-refractivity contribution < 1.29 is 14.3 Å². The lowest BCUT2D eigenvalue weighted by Gasteiger charge is -2.13. The molecule has 0 saturated heterocycles. The highest BCUT2D eigenvalue weighted by atomic mass is 16.5. The van der Waals surface area contributed by atoms with Gasteiger partial charge in [-0.15, -0.1) is 0 Å². The van der Waals surface area contributed by atoms with Gasteiger partial charge in [0.05, 0.1) is 14.2 Å². The number of hydrogen-bond donors (Lipinski definition) is 2. The summed E-state index contributed by atoms with van der Waals surface area (Å²) in [5, 5.41) is 6.25. The van der Waals surface area contributed by atoms with E-state index in [1.807, 2.05) is 18.2 Å². The van der Waals surface area contributed by atoms with Gasteiger partial charge in [-0.1, -0.05) is 18.9 Å². The van der Waals surface area contributed by atoms with Gasteiger partial charge in [0.2, 0.25) is 0 Å². The van der Waals surface area contributed by atoms with E-state index in [1.165, 1.54) is 19.2 Å². The first kappa shape index (κ1) is 18.0. The number of carbonyl (C=O) groups is 1. The minimum atomic E-state index is -0.239. The molecule has 7 heteroatoms. The number of hydrogen-bond acceptors (Lipinski definition) is 6. The zero-order chi connectivity index (χ0) is 18.4. The van der Waals surface area contributed by atoms with Gasteiger partial charge in [-0.05, 0) is 30.5 Å². The van der Waals surface area contributed by atoms with Gasteiger partial charge in [-0.3, -0.25) is 4.79 Å². The highest BCUT2D eigenvalue weighted by Crippen LogP contribution is 2.27. The summed E-state index contributed by atoms with van der Waals surface area (Å²) < 4.78 is 10.5. The molecule has 0 spiro atoms. The molecule has 0 bridgehead atoms. The lowest BCUT2D eigenvalue weighted by molar-refractivity contribution is 0.0945. The minimum absolute atomic E-state index is 0.239. The molecule has 1 aromatic heterocycles. The average molecular weight is 356 g/mol. The Labute approximate surface area is 153 Å². The van der Waals surface area contributed by atoms with Gasteiger partial charge >= 0.3 is 0 Å². The van der Waals surface area contributed by atoms with E-state index in [-0.39, 0.29) is 5.91 Å². The van der Waals surface area contributed by atoms with Crippen LogP contribution in [0.5, 0.6) is 11.5 Å². The van der Waals surface area contributed by atoms with Crippen LogP contribution >= 0.6 is 0 Å². The maximum atomic E-state index is 12.4. The van der Waals surface area contributed by atoms with Crippen LogP contribution in [0, 0.1) is 0 Å². The molecule has 0 unspecified atom stereocenters. The van der Waals surface area contributed by atoms with Gasteiger partial charge in [-0.25, -0.2) is 9.97 Å². The molecular formula is C19H24N4O3. The first-order chi connectivity index (χ1) is 12.7. The lowest BCUT2D eigenvalue weighted by Crippen LogP contribution is -2.24. The molecule has 7 nitrogen and oxygen atoms in total. The second-order valence-electron chi connectivity index (χ2n) is 6.29. The van der Waals surface area contributed by atoms with Crippen LogP contribution in [0.15, 0.2) is 30.6 Å². The molecule has 1 fully saturated rings. The highest BCUT2D eigenvalue weighted by molar-refractivity contribution is 5.92. The fourth-order valence-electron chi connectivity index (χ4n) is 3.10. The van der Waals surface area contributed by atoms with Crippen molar-refractivity contribution >= 4 is 11.7 Å². The summed E-state index contributed by atoms with van der Waals surface area (Å²) >= 11 is 0. The fraction of sp³-hybridized carbons (Fsp3) is 0.421. The summed E-state index contributed by atoms with van der Waals surface area (Å²) in [7, 11) is 3.17. The van der Waals surface area contributed by atoms with Gasteiger partial charge in [0, 0.05) is 18.7 Å².